The van der Waals surface area contributed by atoms with Crippen LogP contribution in [0.15, 0.2) is 40.8 Å². The summed E-state index contributed by atoms with van der Waals surface area (Å²) in [6, 6.07) is 10.3. The van der Waals surface area contributed by atoms with Crippen molar-refractivity contribution in [2.75, 3.05) is 29.6 Å². The molecule has 0 saturated heterocycles. The van der Waals surface area contributed by atoms with Crippen LogP contribution in [-0.2, 0) is 4.79 Å². The topological polar surface area (TPSA) is 90.9 Å². The lowest BCUT2D eigenvalue weighted by atomic mass is 10.2. The van der Waals surface area contributed by atoms with Crippen LogP contribution in [0.5, 0.6) is 0 Å². The number of nitrogens with zero attached hydrogens (tertiary/aromatic N) is 7. The molecule has 28 heavy (non-hydrogen) atoms. The van der Waals surface area contributed by atoms with E-state index in [1.807, 2.05) is 52.8 Å². The van der Waals surface area contributed by atoms with Gasteiger partial charge < -0.3 is 9.80 Å². The first kappa shape index (κ1) is 18.5. The predicted molar refractivity (Wildman–Crippen MR) is 107 cm³/mol. The second kappa shape index (κ2) is 7.64. The number of Topliss-reactive ketones (excluding diaryl/α,β-unsaturated/α-hetero) is 1. The Labute approximate surface area is 167 Å². The van der Waals surface area contributed by atoms with Crippen molar-refractivity contribution < 1.29 is 4.79 Å². The average molecular weight is 395 g/mol. The van der Waals surface area contributed by atoms with Gasteiger partial charge in [-0.3, -0.25) is 4.79 Å². The molecule has 1 aliphatic carbocycles. The molecule has 1 fully saturated rings. The summed E-state index contributed by atoms with van der Waals surface area (Å²) in [6.45, 7) is 0. The van der Waals surface area contributed by atoms with Crippen molar-refractivity contribution in [3.05, 3.63) is 35.7 Å². The molecule has 8 nitrogen and oxygen atoms in total. The molecule has 0 radical (unpaired) electrons. The van der Waals surface area contributed by atoms with Crippen molar-refractivity contribution in [3.8, 4) is 6.07 Å². The average Bonchev–Trinajstić information content (AvgIpc) is 3.44. The zero-order chi connectivity index (χ0) is 19.7. The highest BCUT2D eigenvalue weighted by atomic mass is 32.2. The largest absolute Gasteiger partial charge is 0.328 e. The van der Waals surface area contributed by atoms with Gasteiger partial charge in [-0.2, -0.15) is 5.26 Å². The van der Waals surface area contributed by atoms with Crippen LogP contribution in [0.4, 0.5) is 11.4 Å². The summed E-state index contributed by atoms with van der Waals surface area (Å²) in [6.07, 6.45) is 4.48. The summed E-state index contributed by atoms with van der Waals surface area (Å²) in [5, 5.41) is 22.3. The van der Waals surface area contributed by atoms with Crippen LogP contribution in [0, 0.1) is 11.3 Å². The lowest BCUT2D eigenvalue weighted by Crippen LogP contribution is -2.26. The number of carbonyl (C=O) groups is 1. The Morgan fingerprint density at radius 2 is 1.86 bits per heavy atom. The van der Waals surface area contributed by atoms with Crippen molar-refractivity contribution in [2.24, 2.45) is 0 Å². The van der Waals surface area contributed by atoms with E-state index in [1.165, 1.54) is 24.6 Å². The van der Waals surface area contributed by atoms with Crippen LogP contribution >= 0.6 is 11.8 Å². The van der Waals surface area contributed by atoms with Crippen LogP contribution in [0.2, 0.25) is 0 Å². The molecule has 1 aromatic carbocycles. The molecule has 1 saturated carbocycles. The second-order valence-corrected chi connectivity index (χ2v) is 7.92. The van der Waals surface area contributed by atoms with Crippen LogP contribution < -0.4 is 9.80 Å². The molecule has 1 aliphatic heterocycles. The van der Waals surface area contributed by atoms with E-state index < -0.39 is 0 Å². The fourth-order valence-electron chi connectivity index (χ4n) is 3.92. The maximum Gasteiger partial charge on any atom is 0.210 e. The Kier molecular flexibility index (Phi) is 5.05. The van der Waals surface area contributed by atoms with E-state index in [0.29, 0.717) is 17.0 Å². The van der Waals surface area contributed by atoms with Crippen LogP contribution in [-0.4, -0.2) is 45.8 Å². The van der Waals surface area contributed by atoms with Gasteiger partial charge in [0.1, 0.15) is 17.5 Å². The molecule has 2 aromatic rings. The standard InChI is InChI=1S/C19H21N7OS/c1-24-15-9-5-6-10-16(15)25(2)18(24)14(11-20)17(27)12-28-19-21-22-23-26(19)13-7-3-4-8-13/h5-6,9-10,13H,3-4,7-8,12H2,1-2H3. The van der Waals surface area contributed by atoms with Gasteiger partial charge in [-0.05, 0) is 35.4 Å². The molecule has 0 amide bonds. The Balaban J connectivity index is 1.54. The van der Waals surface area contributed by atoms with Crippen LogP contribution in [0.25, 0.3) is 0 Å². The monoisotopic (exact) mass is 395 g/mol. The Bertz CT molecular complexity index is 940. The molecule has 144 valence electrons. The van der Waals surface area contributed by atoms with Crippen LogP contribution in [0.1, 0.15) is 31.7 Å². The third-order valence-electron chi connectivity index (χ3n) is 5.32. The highest BCUT2D eigenvalue weighted by Crippen LogP contribution is 2.40. The Morgan fingerprint density at radius 3 is 2.46 bits per heavy atom. The number of carbonyl (C=O) groups excluding carboxylic acids is 1. The number of tetrazole rings is 1. The molecule has 0 bridgehead atoms. The zero-order valence-electron chi connectivity index (χ0n) is 15.9. The first-order chi connectivity index (χ1) is 13.6. The normalized spacial score (nSPS) is 16.4. The quantitative estimate of drug-likeness (QED) is 0.434. The van der Waals surface area contributed by atoms with Crippen molar-refractivity contribution >= 4 is 28.9 Å². The smallest absolute Gasteiger partial charge is 0.210 e. The van der Waals surface area contributed by atoms with Gasteiger partial charge >= 0.3 is 0 Å². The third-order valence-corrected chi connectivity index (χ3v) is 6.25. The van der Waals surface area contributed by atoms with E-state index in [9.17, 15) is 10.1 Å². The molecular weight excluding hydrogens is 374 g/mol. The van der Waals surface area contributed by atoms with E-state index >= 15 is 0 Å². The molecule has 4 rings (SSSR count). The van der Waals surface area contributed by atoms with Gasteiger partial charge in [0.05, 0.1) is 23.2 Å². The van der Waals surface area contributed by atoms with Gasteiger partial charge in [0.25, 0.3) is 0 Å². The summed E-state index contributed by atoms with van der Waals surface area (Å²) in [5.41, 5.74) is 2.09. The SMILES string of the molecule is CN1C(=C(C#N)C(=O)CSc2nnnn2C2CCCC2)N(C)c2ccccc21. The summed E-state index contributed by atoms with van der Waals surface area (Å²) < 4.78 is 1.83. The molecular formula is C19H21N7OS. The highest BCUT2D eigenvalue weighted by Gasteiger charge is 2.31. The summed E-state index contributed by atoms with van der Waals surface area (Å²) in [7, 11) is 3.74. The first-order valence-corrected chi connectivity index (χ1v) is 10.2. The van der Waals surface area contributed by atoms with Crippen molar-refractivity contribution in [1.29, 1.82) is 5.26 Å². The number of rotatable bonds is 5. The Hall–Kier alpha value is -2.86. The van der Waals surface area contributed by atoms with Gasteiger partial charge in [0.15, 0.2) is 5.78 Å². The second-order valence-electron chi connectivity index (χ2n) is 6.97. The molecule has 0 unspecified atom stereocenters. The minimum atomic E-state index is -0.227. The molecule has 1 aromatic heterocycles. The first-order valence-electron chi connectivity index (χ1n) is 9.26. The minimum Gasteiger partial charge on any atom is -0.328 e. The molecule has 0 atom stereocenters. The molecule has 0 spiro atoms. The maximum atomic E-state index is 12.9. The van der Waals surface area contributed by atoms with E-state index in [4.69, 9.17) is 0 Å². The Morgan fingerprint density at radius 1 is 1.21 bits per heavy atom. The fourth-order valence-corrected chi connectivity index (χ4v) is 4.73. The number of para-hydroxylation sites is 2. The molecule has 0 N–H and O–H groups in total. The van der Waals surface area contributed by atoms with Gasteiger partial charge in [0, 0.05) is 14.1 Å². The van der Waals surface area contributed by atoms with Crippen molar-refractivity contribution in [1.82, 2.24) is 20.2 Å². The number of allylic oxidation sites excluding steroid dienone is 1. The zero-order valence-corrected chi connectivity index (χ0v) is 16.7. The van der Waals surface area contributed by atoms with E-state index in [-0.39, 0.29) is 17.1 Å². The highest BCUT2D eigenvalue weighted by molar-refractivity contribution is 7.99. The lowest BCUT2D eigenvalue weighted by Gasteiger charge is -2.19. The third kappa shape index (κ3) is 3.14. The molecule has 9 heteroatoms. The van der Waals surface area contributed by atoms with Crippen molar-refractivity contribution in [2.45, 2.75) is 36.9 Å². The number of nitriles is 1. The number of aromatic nitrogens is 4. The van der Waals surface area contributed by atoms with Gasteiger partial charge in [-0.1, -0.05) is 36.7 Å². The summed E-state index contributed by atoms with van der Waals surface area (Å²) in [4.78, 5) is 16.7. The molecule has 2 aliphatic rings. The number of anilines is 2. The number of hydrogen-bond donors (Lipinski definition) is 0. The summed E-state index contributed by atoms with van der Waals surface area (Å²) >= 11 is 1.29. The lowest BCUT2D eigenvalue weighted by molar-refractivity contribution is -0.112. The number of fused-ring (bicyclic) bond motifs is 1. The van der Waals surface area contributed by atoms with Gasteiger partial charge in [-0.15, -0.1) is 5.10 Å². The van der Waals surface area contributed by atoms with E-state index in [1.54, 1.807) is 0 Å². The number of ketones is 1. The van der Waals surface area contributed by atoms with Crippen molar-refractivity contribution in [3.63, 3.8) is 0 Å². The number of thioether (sulfide) groups is 1. The van der Waals surface area contributed by atoms with Gasteiger partial charge in [0.2, 0.25) is 5.16 Å². The molecule has 2 heterocycles. The van der Waals surface area contributed by atoms with E-state index in [2.05, 4.69) is 21.6 Å². The van der Waals surface area contributed by atoms with Crippen LogP contribution in [0.3, 0.4) is 0 Å². The predicted octanol–water partition coefficient (Wildman–Crippen LogP) is 2.77. The maximum absolute atomic E-state index is 12.9. The fraction of sp³-hybridized carbons (Fsp3) is 0.421. The minimum absolute atomic E-state index is 0.123. The number of benzene rings is 1. The number of hydrogen-bond acceptors (Lipinski definition) is 8. The van der Waals surface area contributed by atoms with Gasteiger partial charge in [-0.25, -0.2) is 4.68 Å². The van der Waals surface area contributed by atoms with E-state index in [0.717, 1.165) is 24.2 Å². The summed E-state index contributed by atoms with van der Waals surface area (Å²) in [5.74, 6) is 0.497.